The Hall–Kier alpha value is -1.40. The first-order chi connectivity index (χ1) is 7.27. The number of nitrogens with one attached hydrogen (secondary N) is 1. The summed E-state index contributed by atoms with van der Waals surface area (Å²) in [5, 5.41) is 16.2. The third-order valence-corrected chi connectivity index (χ3v) is 2.42. The molecule has 6 heteroatoms. The molecule has 1 aliphatic rings. The van der Waals surface area contributed by atoms with E-state index >= 15 is 0 Å². The van der Waals surface area contributed by atoms with Gasteiger partial charge in [0.1, 0.15) is 0 Å². The van der Waals surface area contributed by atoms with Crippen LogP contribution in [0.4, 0.5) is 0 Å². The molecule has 2 N–H and O–H groups in total. The average molecular weight is 211 g/mol. The van der Waals surface area contributed by atoms with Crippen LogP contribution in [0.2, 0.25) is 0 Å². The molecule has 0 amide bonds. The standard InChI is InChI=1S/C9H13N3O3/c1-15-9(14)8-6-4-10-5-7(6)11-12(8)2-3-13/h10,13H,2-5H2,1H3. The maximum absolute atomic E-state index is 11.5. The average Bonchev–Trinajstić information content (AvgIpc) is 2.77. The van der Waals surface area contributed by atoms with Crippen molar-refractivity contribution in [2.24, 2.45) is 0 Å². The molecule has 0 saturated heterocycles. The molecule has 1 aromatic rings. The van der Waals surface area contributed by atoms with Crippen LogP contribution in [0.25, 0.3) is 0 Å². The van der Waals surface area contributed by atoms with Gasteiger partial charge in [-0.2, -0.15) is 5.10 Å². The van der Waals surface area contributed by atoms with Crippen LogP contribution in [-0.4, -0.2) is 34.6 Å². The number of hydrogen-bond donors (Lipinski definition) is 2. The van der Waals surface area contributed by atoms with Gasteiger partial charge in [0.2, 0.25) is 0 Å². The third kappa shape index (κ3) is 1.62. The van der Waals surface area contributed by atoms with Gasteiger partial charge in [-0.05, 0) is 0 Å². The summed E-state index contributed by atoms with van der Waals surface area (Å²) in [6.07, 6.45) is 0. The summed E-state index contributed by atoms with van der Waals surface area (Å²) in [4.78, 5) is 11.5. The second kappa shape index (κ2) is 4.00. The van der Waals surface area contributed by atoms with Crippen LogP contribution in [0.5, 0.6) is 0 Å². The molecule has 1 aromatic heterocycles. The molecule has 0 radical (unpaired) electrons. The van der Waals surface area contributed by atoms with Crippen molar-refractivity contribution in [3.8, 4) is 0 Å². The molecule has 0 saturated carbocycles. The smallest absolute Gasteiger partial charge is 0.356 e. The summed E-state index contributed by atoms with van der Waals surface area (Å²) in [6.45, 7) is 1.57. The van der Waals surface area contributed by atoms with Crippen LogP contribution < -0.4 is 5.32 Å². The SMILES string of the molecule is COC(=O)c1c2c(nn1CCO)CNC2. The summed E-state index contributed by atoms with van der Waals surface area (Å²) >= 11 is 0. The van der Waals surface area contributed by atoms with Gasteiger partial charge in [0.25, 0.3) is 0 Å². The molecule has 0 fully saturated rings. The second-order valence-electron chi connectivity index (χ2n) is 3.32. The van der Waals surface area contributed by atoms with E-state index in [1.807, 2.05) is 0 Å². The monoisotopic (exact) mass is 211 g/mol. The lowest BCUT2D eigenvalue weighted by Gasteiger charge is -2.05. The number of ether oxygens (including phenoxy) is 1. The minimum atomic E-state index is -0.402. The normalized spacial score (nSPS) is 14.0. The Kier molecular flexibility index (Phi) is 2.70. The first kappa shape index (κ1) is 10.1. The van der Waals surface area contributed by atoms with Crippen LogP contribution in [0.15, 0.2) is 0 Å². The molecule has 0 spiro atoms. The van der Waals surface area contributed by atoms with Crippen molar-refractivity contribution in [1.82, 2.24) is 15.1 Å². The molecule has 2 rings (SSSR count). The van der Waals surface area contributed by atoms with E-state index in [-0.39, 0.29) is 6.61 Å². The van der Waals surface area contributed by atoms with Gasteiger partial charge in [-0.25, -0.2) is 4.79 Å². The van der Waals surface area contributed by atoms with E-state index < -0.39 is 5.97 Å². The largest absolute Gasteiger partial charge is 0.464 e. The number of carbonyl (C=O) groups is 1. The molecule has 15 heavy (non-hydrogen) atoms. The number of esters is 1. The summed E-state index contributed by atoms with van der Waals surface area (Å²) in [6, 6.07) is 0. The maximum atomic E-state index is 11.5. The minimum Gasteiger partial charge on any atom is -0.464 e. The fourth-order valence-corrected chi connectivity index (χ4v) is 1.76. The number of methoxy groups -OCH3 is 1. The molecular formula is C9H13N3O3. The van der Waals surface area contributed by atoms with Crippen LogP contribution in [0.1, 0.15) is 21.7 Å². The summed E-state index contributed by atoms with van der Waals surface area (Å²) in [7, 11) is 1.34. The molecule has 1 aliphatic heterocycles. The third-order valence-electron chi connectivity index (χ3n) is 2.42. The van der Waals surface area contributed by atoms with Crippen LogP contribution in [0.3, 0.4) is 0 Å². The Morgan fingerprint density at radius 1 is 1.67 bits per heavy atom. The second-order valence-corrected chi connectivity index (χ2v) is 3.32. The van der Waals surface area contributed by atoms with Crippen LogP contribution in [0, 0.1) is 0 Å². The number of aliphatic hydroxyl groups is 1. The molecule has 0 aromatic carbocycles. The molecular weight excluding hydrogens is 198 g/mol. The zero-order valence-electron chi connectivity index (χ0n) is 8.49. The van der Waals surface area contributed by atoms with Crippen molar-refractivity contribution in [2.75, 3.05) is 13.7 Å². The number of hydrogen-bond acceptors (Lipinski definition) is 5. The first-order valence-electron chi connectivity index (χ1n) is 4.76. The van der Waals surface area contributed by atoms with E-state index in [1.54, 1.807) is 0 Å². The highest BCUT2D eigenvalue weighted by Gasteiger charge is 2.26. The zero-order chi connectivity index (χ0) is 10.8. The van der Waals surface area contributed by atoms with Crippen molar-refractivity contribution in [3.05, 3.63) is 17.0 Å². The highest BCUT2D eigenvalue weighted by atomic mass is 16.5. The molecule has 0 aliphatic carbocycles. The number of fused-ring (bicyclic) bond motifs is 1. The van der Waals surface area contributed by atoms with E-state index in [0.29, 0.717) is 25.3 Å². The lowest BCUT2D eigenvalue weighted by atomic mass is 10.2. The highest BCUT2D eigenvalue weighted by Crippen LogP contribution is 2.19. The lowest BCUT2D eigenvalue weighted by molar-refractivity contribution is 0.0583. The maximum Gasteiger partial charge on any atom is 0.356 e. The Balaban J connectivity index is 2.42. The van der Waals surface area contributed by atoms with Crippen molar-refractivity contribution < 1.29 is 14.6 Å². The van der Waals surface area contributed by atoms with E-state index in [4.69, 9.17) is 9.84 Å². The predicted octanol–water partition coefficient (Wildman–Crippen LogP) is -0.735. The lowest BCUT2D eigenvalue weighted by Crippen LogP contribution is -2.17. The van der Waals surface area contributed by atoms with Gasteiger partial charge in [-0.1, -0.05) is 0 Å². The Morgan fingerprint density at radius 2 is 2.47 bits per heavy atom. The van der Waals surface area contributed by atoms with Crippen molar-refractivity contribution in [1.29, 1.82) is 0 Å². The van der Waals surface area contributed by atoms with E-state index in [1.165, 1.54) is 11.8 Å². The van der Waals surface area contributed by atoms with Crippen LogP contribution >= 0.6 is 0 Å². The fourth-order valence-electron chi connectivity index (χ4n) is 1.76. The zero-order valence-corrected chi connectivity index (χ0v) is 8.49. The van der Waals surface area contributed by atoms with E-state index in [0.717, 1.165) is 11.3 Å². The number of nitrogens with zero attached hydrogens (tertiary/aromatic N) is 2. The van der Waals surface area contributed by atoms with Gasteiger partial charge in [-0.15, -0.1) is 0 Å². The summed E-state index contributed by atoms with van der Waals surface area (Å²) < 4.78 is 6.21. The van der Waals surface area contributed by atoms with Gasteiger partial charge in [-0.3, -0.25) is 4.68 Å². The molecule has 0 unspecified atom stereocenters. The van der Waals surface area contributed by atoms with Gasteiger partial charge >= 0.3 is 5.97 Å². The minimum absolute atomic E-state index is 0.0437. The van der Waals surface area contributed by atoms with Gasteiger partial charge in [0.05, 0.1) is 26.0 Å². The van der Waals surface area contributed by atoms with Gasteiger partial charge < -0.3 is 15.2 Å². The number of rotatable bonds is 3. The quantitative estimate of drug-likeness (QED) is 0.644. The van der Waals surface area contributed by atoms with E-state index in [9.17, 15) is 4.79 Å². The summed E-state index contributed by atoms with van der Waals surface area (Å²) in [5.74, 6) is -0.402. The Morgan fingerprint density at radius 3 is 3.13 bits per heavy atom. The highest BCUT2D eigenvalue weighted by molar-refractivity contribution is 5.89. The Bertz CT molecular complexity index is 386. The molecule has 6 nitrogen and oxygen atoms in total. The topological polar surface area (TPSA) is 76.4 Å². The van der Waals surface area contributed by atoms with E-state index in [2.05, 4.69) is 10.4 Å². The number of aromatic nitrogens is 2. The molecule has 2 heterocycles. The fraction of sp³-hybridized carbons (Fsp3) is 0.556. The van der Waals surface area contributed by atoms with Gasteiger partial charge in [0, 0.05) is 18.7 Å². The van der Waals surface area contributed by atoms with Crippen molar-refractivity contribution >= 4 is 5.97 Å². The first-order valence-corrected chi connectivity index (χ1v) is 4.76. The Labute approximate surface area is 86.8 Å². The number of carbonyl (C=O) groups excluding carboxylic acids is 1. The predicted molar refractivity (Wildman–Crippen MR) is 51.2 cm³/mol. The van der Waals surface area contributed by atoms with Crippen molar-refractivity contribution in [2.45, 2.75) is 19.6 Å². The number of aliphatic hydroxyl groups excluding tert-OH is 1. The molecule has 0 bridgehead atoms. The van der Waals surface area contributed by atoms with Crippen LogP contribution in [-0.2, 0) is 24.4 Å². The van der Waals surface area contributed by atoms with Gasteiger partial charge in [0.15, 0.2) is 5.69 Å². The molecule has 82 valence electrons. The van der Waals surface area contributed by atoms with Crippen molar-refractivity contribution in [3.63, 3.8) is 0 Å². The molecule has 0 atom stereocenters. The summed E-state index contributed by atoms with van der Waals surface area (Å²) in [5.41, 5.74) is 2.20.